The van der Waals surface area contributed by atoms with E-state index in [0.29, 0.717) is 6.04 Å². The molecule has 0 amide bonds. The first-order chi connectivity index (χ1) is 8.67. The molecule has 0 spiro atoms. The topological polar surface area (TPSA) is 61.8 Å². The third-order valence-corrected chi connectivity index (χ3v) is 3.69. The maximum atomic E-state index is 8.91. The van der Waals surface area contributed by atoms with Gasteiger partial charge < -0.3 is 15.8 Å². The Balaban J connectivity index is 2.43. The molecule has 0 radical (unpaired) electrons. The molecule has 1 aromatic rings. The Labute approximate surface area is 108 Å². The summed E-state index contributed by atoms with van der Waals surface area (Å²) in [6, 6.07) is 6.71. The first-order valence-electron chi connectivity index (χ1n) is 6.52. The molecule has 2 rings (SSSR count). The van der Waals surface area contributed by atoms with Gasteiger partial charge in [0, 0.05) is 23.8 Å². The van der Waals surface area contributed by atoms with Gasteiger partial charge in [0.25, 0.3) is 0 Å². The normalized spacial score (nSPS) is 20.4. The summed E-state index contributed by atoms with van der Waals surface area (Å²) in [5, 5.41) is 12.1. The van der Waals surface area contributed by atoms with Crippen LogP contribution in [0.3, 0.4) is 0 Å². The van der Waals surface area contributed by atoms with Crippen molar-refractivity contribution in [2.24, 2.45) is 10.9 Å². The van der Waals surface area contributed by atoms with Gasteiger partial charge in [0.05, 0.1) is 0 Å². The predicted molar refractivity (Wildman–Crippen MR) is 74.3 cm³/mol. The number of rotatable bonds is 3. The van der Waals surface area contributed by atoms with E-state index in [9.17, 15) is 0 Å². The second kappa shape index (κ2) is 5.29. The maximum absolute atomic E-state index is 8.91. The molecule has 4 heteroatoms. The van der Waals surface area contributed by atoms with Crippen LogP contribution in [0.4, 0.5) is 5.69 Å². The molecule has 1 atom stereocenters. The molecule has 1 aliphatic heterocycles. The summed E-state index contributed by atoms with van der Waals surface area (Å²) >= 11 is 0. The van der Waals surface area contributed by atoms with Crippen LogP contribution in [0.2, 0.25) is 0 Å². The monoisotopic (exact) mass is 247 g/mol. The number of hydrogen-bond donors (Lipinski definition) is 2. The van der Waals surface area contributed by atoms with Gasteiger partial charge in [-0.15, -0.1) is 0 Å². The molecule has 1 unspecified atom stereocenters. The van der Waals surface area contributed by atoms with Crippen LogP contribution in [0.5, 0.6) is 0 Å². The second-order valence-electron chi connectivity index (χ2n) is 4.90. The fourth-order valence-corrected chi connectivity index (χ4v) is 2.74. The van der Waals surface area contributed by atoms with E-state index in [1.54, 1.807) is 0 Å². The zero-order valence-electron chi connectivity index (χ0n) is 11.1. The molecule has 1 aromatic carbocycles. The van der Waals surface area contributed by atoms with Gasteiger partial charge >= 0.3 is 0 Å². The lowest BCUT2D eigenvalue weighted by atomic mass is 10.1. The van der Waals surface area contributed by atoms with Crippen LogP contribution in [-0.4, -0.2) is 23.6 Å². The van der Waals surface area contributed by atoms with E-state index >= 15 is 0 Å². The Kier molecular flexibility index (Phi) is 3.75. The standard InChI is InChI=1S/C14H21N3O/c1-3-11-5-4-8-17(11)13-7-6-10(2)9-12(13)14(15)16-18/h6-7,9,11,18H,3-5,8H2,1-2H3,(H2,15,16). The third-order valence-electron chi connectivity index (χ3n) is 3.69. The van der Waals surface area contributed by atoms with Crippen molar-refractivity contribution in [3.8, 4) is 0 Å². The lowest BCUT2D eigenvalue weighted by Gasteiger charge is -2.28. The smallest absolute Gasteiger partial charge is 0.172 e. The lowest BCUT2D eigenvalue weighted by molar-refractivity contribution is 0.318. The molecule has 4 nitrogen and oxygen atoms in total. The van der Waals surface area contributed by atoms with E-state index in [1.807, 2.05) is 13.0 Å². The summed E-state index contributed by atoms with van der Waals surface area (Å²) in [5.41, 5.74) is 8.82. The molecule has 3 N–H and O–H groups in total. The molecular weight excluding hydrogens is 226 g/mol. The lowest BCUT2D eigenvalue weighted by Crippen LogP contribution is -2.31. The maximum Gasteiger partial charge on any atom is 0.172 e. The van der Waals surface area contributed by atoms with Crippen molar-refractivity contribution < 1.29 is 5.21 Å². The van der Waals surface area contributed by atoms with Crippen molar-refractivity contribution >= 4 is 11.5 Å². The molecule has 18 heavy (non-hydrogen) atoms. The van der Waals surface area contributed by atoms with Crippen LogP contribution in [0.1, 0.15) is 37.3 Å². The Morgan fingerprint density at radius 3 is 3.00 bits per heavy atom. The second-order valence-corrected chi connectivity index (χ2v) is 4.90. The minimum atomic E-state index is 0.190. The van der Waals surface area contributed by atoms with E-state index in [4.69, 9.17) is 10.9 Å². The van der Waals surface area contributed by atoms with Gasteiger partial charge in [0.2, 0.25) is 0 Å². The number of amidine groups is 1. The van der Waals surface area contributed by atoms with E-state index in [2.05, 4.69) is 29.1 Å². The zero-order valence-corrected chi connectivity index (χ0v) is 11.1. The number of benzene rings is 1. The number of aryl methyl sites for hydroxylation is 1. The highest BCUT2D eigenvalue weighted by atomic mass is 16.4. The highest BCUT2D eigenvalue weighted by Crippen LogP contribution is 2.30. The molecule has 1 heterocycles. The van der Waals surface area contributed by atoms with Gasteiger partial charge in [0.15, 0.2) is 5.84 Å². The van der Waals surface area contributed by atoms with Crippen LogP contribution < -0.4 is 10.6 Å². The van der Waals surface area contributed by atoms with Gasteiger partial charge in [-0.25, -0.2) is 0 Å². The fourth-order valence-electron chi connectivity index (χ4n) is 2.74. The number of nitrogens with zero attached hydrogens (tertiary/aromatic N) is 2. The van der Waals surface area contributed by atoms with Crippen molar-refractivity contribution in [2.75, 3.05) is 11.4 Å². The first kappa shape index (κ1) is 12.7. The van der Waals surface area contributed by atoms with Crippen molar-refractivity contribution in [3.05, 3.63) is 29.3 Å². The molecule has 1 fully saturated rings. The summed E-state index contributed by atoms with van der Waals surface area (Å²) in [4.78, 5) is 2.38. The molecule has 98 valence electrons. The van der Waals surface area contributed by atoms with Crippen LogP contribution in [0, 0.1) is 6.92 Å². The van der Waals surface area contributed by atoms with E-state index in [-0.39, 0.29) is 5.84 Å². The van der Waals surface area contributed by atoms with Gasteiger partial charge in [-0.3, -0.25) is 0 Å². The molecule has 1 aliphatic rings. The number of oxime groups is 1. The van der Waals surface area contributed by atoms with Crippen LogP contribution in [0.15, 0.2) is 23.4 Å². The summed E-state index contributed by atoms with van der Waals surface area (Å²) in [6.07, 6.45) is 3.56. The summed E-state index contributed by atoms with van der Waals surface area (Å²) < 4.78 is 0. The molecule has 0 aliphatic carbocycles. The highest BCUT2D eigenvalue weighted by molar-refractivity contribution is 6.02. The van der Waals surface area contributed by atoms with Gasteiger partial charge in [-0.2, -0.15) is 0 Å². The van der Waals surface area contributed by atoms with Gasteiger partial charge in [-0.1, -0.05) is 23.7 Å². The number of nitrogens with two attached hydrogens (primary N) is 1. The van der Waals surface area contributed by atoms with Crippen molar-refractivity contribution in [1.82, 2.24) is 0 Å². The Morgan fingerprint density at radius 1 is 1.56 bits per heavy atom. The predicted octanol–water partition coefficient (Wildman–Crippen LogP) is 2.47. The summed E-state index contributed by atoms with van der Waals surface area (Å²) in [5.74, 6) is 0.190. The molecular formula is C14H21N3O. The van der Waals surface area contributed by atoms with Gasteiger partial charge in [0.1, 0.15) is 0 Å². The van der Waals surface area contributed by atoms with Gasteiger partial charge in [-0.05, 0) is 38.3 Å². The SMILES string of the molecule is CCC1CCCN1c1ccc(C)cc1/C(N)=N/O. The third kappa shape index (κ3) is 2.28. The largest absolute Gasteiger partial charge is 0.409 e. The molecule has 1 saturated heterocycles. The Morgan fingerprint density at radius 2 is 2.33 bits per heavy atom. The molecule has 0 aromatic heterocycles. The Bertz CT molecular complexity index is 456. The molecule has 0 saturated carbocycles. The number of anilines is 1. The average Bonchev–Trinajstić information content (AvgIpc) is 2.85. The van der Waals surface area contributed by atoms with E-state index in [1.165, 1.54) is 12.8 Å². The summed E-state index contributed by atoms with van der Waals surface area (Å²) in [7, 11) is 0. The van der Waals surface area contributed by atoms with Crippen LogP contribution in [0.25, 0.3) is 0 Å². The number of hydrogen-bond acceptors (Lipinski definition) is 3. The van der Waals surface area contributed by atoms with Crippen molar-refractivity contribution in [2.45, 2.75) is 39.2 Å². The minimum Gasteiger partial charge on any atom is -0.409 e. The van der Waals surface area contributed by atoms with E-state index in [0.717, 1.165) is 29.8 Å². The quantitative estimate of drug-likeness (QED) is 0.373. The highest BCUT2D eigenvalue weighted by Gasteiger charge is 2.25. The zero-order chi connectivity index (χ0) is 13.1. The Hall–Kier alpha value is -1.71. The first-order valence-corrected chi connectivity index (χ1v) is 6.52. The average molecular weight is 247 g/mol. The van der Waals surface area contributed by atoms with Crippen molar-refractivity contribution in [3.63, 3.8) is 0 Å². The van der Waals surface area contributed by atoms with E-state index < -0.39 is 0 Å². The van der Waals surface area contributed by atoms with Crippen LogP contribution >= 0.6 is 0 Å². The minimum absolute atomic E-state index is 0.190. The van der Waals surface area contributed by atoms with Crippen molar-refractivity contribution in [1.29, 1.82) is 0 Å². The fraction of sp³-hybridized carbons (Fsp3) is 0.500. The molecule has 0 bridgehead atoms. The van der Waals surface area contributed by atoms with Crippen LogP contribution in [-0.2, 0) is 0 Å². The summed E-state index contributed by atoms with van der Waals surface area (Å²) in [6.45, 7) is 5.27.